The Bertz CT molecular complexity index is 666. The maximum atomic E-state index is 13.1. The van der Waals surface area contributed by atoms with E-state index in [0.29, 0.717) is 5.56 Å². The Labute approximate surface area is 127 Å². The molecule has 2 rings (SSSR count). The van der Waals surface area contributed by atoms with E-state index in [1.165, 1.54) is 6.07 Å². The molecule has 0 heterocycles. The molecule has 0 aliphatic carbocycles. The molecule has 0 fully saturated rings. The molecule has 0 saturated heterocycles. The van der Waals surface area contributed by atoms with Crippen molar-refractivity contribution < 1.29 is 18.4 Å². The van der Waals surface area contributed by atoms with Crippen LogP contribution in [0.1, 0.15) is 22.8 Å². The van der Waals surface area contributed by atoms with E-state index in [1.54, 1.807) is 25.1 Å². The number of halogens is 2. The van der Waals surface area contributed by atoms with E-state index in [4.69, 9.17) is 0 Å². The van der Waals surface area contributed by atoms with E-state index in [0.717, 1.165) is 18.2 Å². The van der Waals surface area contributed by atoms with Crippen LogP contribution in [0.3, 0.4) is 0 Å². The van der Waals surface area contributed by atoms with Gasteiger partial charge in [-0.25, -0.2) is 8.78 Å². The van der Waals surface area contributed by atoms with Crippen LogP contribution in [0.15, 0.2) is 42.5 Å². The highest BCUT2D eigenvalue weighted by Gasteiger charge is 2.17. The van der Waals surface area contributed by atoms with Gasteiger partial charge in [-0.15, -0.1) is 0 Å². The molecule has 0 unspecified atom stereocenters. The summed E-state index contributed by atoms with van der Waals surface area (Å²) in [6, 6.07) is 11.5. The van der Waals surface area contributed by atoms with Crippen LogP contribution in [0.5, 0.6) is 0 Å². The number of carbonyl (C=O) groups excluding carboxylic acids is 2. The average molecular weight is 302 g/mol. The van der Waals surface area contributed by atoms with Gasteiger partial charge in [0.2, 0.25) is 5.91 Å². The van der Waals surface area contributed by atoms with Crippen LogP contribution >= 0.6 is 0 Å². The Hall–Kier alpha value is -2.56. The summed E-state index contributed by atoms with van der Waals surface area (Å²) in [6.45, 7) is 1.55. The van der Waals surface area contributed by atoms with Crippen LogP contribution in [0.4, 0.5) is 8.78 Å². The summed E-state index contributed by atoms with van der Waals surface area (Å²) in [5, 5.41) is 2.52. The highest BCUT2D eigenvalue weighted by atomic mass is 19.1. The van der Waals surface area contributed by atoms with Crippen LogP contribution < -0.4 is 5.32 Å². The SMILES string of the molecule is C[C@H](NC(=O)Cc1cc(F)cc(F)c1)C(=O)c1c[c]ccc1. The largest absolute Gasteiger partial charge is 0.346 e. The van der Waals surface area contributed by atoms with Crippen molar-refractivity contribution in [3.05, 3.63) is 71.3 Å². The van der Waals surface area contributed by atoms with Crippen molar-refractivity contribution in [2.45, 2.75) is 19.4 Å². The third-order valence-electron chi connectivity index (χ3n) is 3.05. The number of benzene rings is 2. The first-order chi connectivity index (χ1) is 10.5. The summed E-state index contributed by atoms with van der Waals surface area (Å²) in [7, 11) is 0. The molecule has 3 nitrogen and oxygen atoms in total. The zero-order chi connectivity index (χ0) is 16.1. The van der Waals surface area contributed by atoms with Crippen molar-refractivity contribution in [2.24, 2.45) is 0 Å². The van der Waals surface area contributed by atoms with Gasteiger partial charge in [-0.1, -0.05) is 18.2 Å². The van der Waals surface area contributed by atoms with Crippen LogP contribution in [0.25, 0.3) is 0 Å². The van der Waals surface area contributed by atoms with E-state index >= 15 is 0 Å². The van der Waals surface area contributed by atoms with E-state index in [9.17, 15) is 18.4 Å². The number of amides is 1. The third-order valence-corrected chi connectivity index (χ3v) is 3.05. The molecule has 2 aromatic rings. The van der Waals surface area contributed by atoms with Gasteiger partial charge in [0, 0.05) is 11.6 Å². The minimum Gasteiger partial charge on any atom is -0.346 e. The van der Waals surface area contributed by atoms with Gasteiger partial charge in [0.15, 0.2) is 5.78 Å². The number of hydrogen-bond donors (Lipinski definition) is 1. The number of hydrogen-bond acceptors (Lipinski definition) is 2. The van der Waals surface area contributed by atoms with Crippen LogP contribution in [-0.2, 0) is 11.2 Å². The number of Topliss-reactive ketones (excluding diaryl/α,β-unsaturated/α-hetero) is 1. The third kappa shape index (κ3) is 4.22. The molecule has 0 aromatic heterocycles. The molecule has 1 amide bonds. The maximum Gasteiger partial charge on any atom is 0.225 e. The van der Waals surface area contributed by atoms with Crippen molar-refractivity contribution in [3.8, 4) is 0 Å². The van der Waals surface area contributed by atoms with Gasteiger partial charge in [0.05, 0.1) is 12.5 Å². The molecule has 2 aromatic carbocycles. The normalized spacial score (nSPS) is 11.8. The number of ketones is 1. The molecule has 22 heavy (non-hydrogen) atoms. The van der Waals surface area contributed by atoms with Crippen LogP contribution in [0.2, 0.25) is 0 Å². The molecule has 5 heteroatoms. The molecule has 1 radical (unpaired) electrons. The van der Waals surface area contributed by atoms with E-state index in [2.05, 4.69) is 11.4 Å². The van der Waals surface area contributed by atoms with Gasteiger partial charge in [0.1, 0.15) is 11.6 Å². The van der Waals surface area contributed by atoms with Crippen molar-refractivity contribution in [3.63, 3.8) is 0 Å². The van der Waals surface area contributed by atoms with Crippen molar-refractivity contribution >= 4 is 11.7 Å². The molecule has 1 N–H and O–H groups in total. The molecule has 0 aliphatic heterocycles. The first-order valence-electron chi connectivity index (χ1n) is 6.70. The van der Waals surface area contributed by atoms with Gasteiger partial charge in [-0.3, -0.25) is 9.59 Å². The lowest BCUT2D eigenvalue weighted by Crippen LogP contribution is -2.39. The first kappa shape index (κ1) is 15.8. The second-order valence-corrected chi connectivity index (χ2v) is 4.90. The van der Waals surface area contributed by atoms with Gasteiger partial charge in [-0.2, -0.15) is 0 Å². The van der Waals surface area contributed by atoms with Crippen molar-refractivity contribution in [2.75, 3.05) is 0 Å². The highest BCUT2D eigenvalue weighted by Crippen LogP contribution is 2.09. The predicted octanol–water partition coefficient (Wildman–Crippen LogP) is 2.70. The fourth-order valence-electron chi connectivity index (χ4n) is 2.05. The standard InChI is InChI=1S/C17H14F2NO2/c1-11(17(22)13-5-3-2-4-6-13)20-16(21)9-12-7-14(18)10-15(19)8-12/h2-3,5-8,10-11H,9H2,1H3,(H,20,21)/t11-/m0/s1. The lowest BCUT2D eigenvalue weighted by atomic mass is 10.0. The van der Waals surface area contributed by atoms with Crippen molar-refractivity contribution in [1.29, 1.82) is 0 Å². The maximum absolute atomic E-state index is 13.1. The molecule has 0 aliphatic rings. The molecular formula is C17H14F2NO2. The summed E-state index contributed by atoms with van der Waals surface area (Å²) >= 11 is 0. The number of carbonyl (C=O) groups is 2. The topological polar surface area (TPSA) is 46.2 Å². The molecule has 0 saturated carbocycles. The van der Waals surface area contributed by atoms with Gasteiger partial charge < -0.3 is 5.32 Å². The fraction of sp³-hybridized carbons (Fsp3) is 0.176. The predicted molar refractivity (Wildman–Crippen MR) is 77.3 cm³/mol. The molecule has 0 spiro atoms. The highest BCUT2D eigenvalue weighted by molar-refractivity contribution is 6.01. The molecular weight excluding hydrogens is 288 g/mol. The molecule has 0 bridgehead atoms. The summed E-state index contributed by atoms with van der Waals surface area (Å²) in [4.78, 5) is 24.0. The Morgan fingerprint density at radius 2 is 1.91 bits per heavy atom. The molecule has 113 valence electrons. The number of nitrogens with one attached hydrogen (secondary N) is 1. The van der Waals surface area contributed by atoms with Gasteiger partial charge >= 0.3 is 0 Å². The minimum absolute atomic E-state index is 0.201. The summed E-state index contributed by atoms with van der Waals surface area (Å²) < 4.78 is 26.1. The second kappa shape index (κ2) is 6.93. The zero-order valence-corrected chi connectivity index (χ0v) is 11.9. The summed E-state index contributed by atoms with van der Waals surface area (Å²) in [5.41, 5.74) is 0.648. The lowest BCUT2D eigenvalue weighted by molar-refractivity contribution is -0.120. The Morgan fingerprint density at radius 3 is 2.50 bits per heavy atom. The van der Waals surface area contributed by atoms with Crippen LogP contribution in [0, 0.1) is 17.7 Å². The monoisotopic (exact) mass is 302 g/mol. The lowest BCUT2D eigenvalue weighted by Gasteiger charge is -2.13. The van der Waals surface area contributed by atoms with E-state index in [1.807, 2.05) is 0 Å². The van der Waals surface area contributed by atoms with Gasteiger partial charge in [0.25, 0.3) is 0 Å². The Balaban J connectivity index is 1.98. The quantitative estimate of drug-likeness (QED) is 0.863. The Kier molecular flexibility index (Phi) is 4.99. The van der Waals surface area contributed by atoms with Crippen LogP contribution in [-0.4, -0.2) is 17.7 Å². The average Bonchev–Trinajstić information content (AvgIpc) is 2.46. The number of rotatable bonds is 5. The summed E-state index contributed by atoms with van der Waals surface area (Å²) in [6.07, 6.45) is -0.201. The second-order valence-electron chi connectivity index (χ2n) is 4.90. The van der Waals surface area contributed by atoms with E-state index in [-0.39, 0.29) is 17.8 Å². The first-order valence-corrected chi connectivity index (χ1v) is 6.70. The minimum atomic E-state index is -0.744. The smallest absolute Gasteiger partial charge is 0.225 e. The van der Waals surface area contributed by atoms with E-state index < -0.39 is 23.6 Å². The fourth-order valence-corrected chi connectivity index (χ4v) is 2.05. The van der Waals surface area contributed by atoms with Crippen molar-refractivity contribution in [1.82, 2.24) is 5.32 Å². The molecule has 1 atom stereocenters. The Morgan fingerprint density at radius 1 is 1.23 bits per heavy atom. The zero-order valence-electron chi connectivity index (χ0n) is 11.9. The van der Waals surface area contributed by atoms with Gasteiger partial charge in [-0.05, 0) is 36.8 Å². The summed E-state index contributed by atoms with van der Waals surface area (Å²) in [5.74, 6) is -2.22.